The van der Waals surface area contributed by atoms with Crippen molar-refractivity contribution in [3.8, 4) is 0 Å². The van der Waals surface area contributed by atoms with Crippen LogP contribution < -0.4 is 85.9 Å². The maximum atomic E-state index is 12.8. The van der Waals surface area contributed by atoms with Crippen LogP contribution in [-0.4, -0.2) is 131 Å². The zero-order chi connectivity index (χ0) is 55.9. The van der Waals surface area contributed by atoms with Gasteiger partial charge in [0.15, 0.2) is 6.23 Å². The van der Waals surface area contributed by atoms with E-state index in [1.165, 1.54) is 55.4 Å². The van der Waals surface area contributed by atoms with Crippen molar-refractivity contribution >= 4 is 47.1 Å². The number of nitrogens with zero attached hydrogens (tertiary/aromatic N) is 2. The number of amides is 1. The number of nitrogen functional groups attached to an aromatic ring is 1. The van der Waals surface area contributed by atoms with Gasteiger partial charge in [-0.1, -0.05) is 192 Å². The summed E-state index contributed by atoms with van der Waals surface area (Å²) in [5.41, 5.74) is 4.45. The molecule has 20 nitrogen and oxygen atoms in total. The van der Waals surface area contributed by atoms with Gasteiger partial charge in [0.1, 0.15) is 48.4 Å². The summed E-state index contributed by atoms with van der Waals surface area (Å²) in [6.07, 6.45) is -7.69. The summed E-state index contributed by atoms with van der Waals surface area (Å²) in [5.74, 6) is -6.10. The van der Waals surface area contributed by atoms with Crippen LogP contribution in [0.15, 0.2) is 17.1 Å². The van der Waals surface area contributed by atoms with E-state index in [-0.39, 0.29) is 70.7 Å². The van der Waals surface area contributed by atoms with Crippen molar-refractivity contribution in [1.82, 2.24) is 14.9 Å². The number of aliphatic hydroxyl groups excluding tert-OH is 6. The molecule has 25 heteroatoms. The number of hydrogen-bond donors (Lipinski definition) is 8. The molecule has 2 saturated heterocycles. The molecule has 9 N–H and O–H groups in total. The molecule has 11 atom stereocenters. The minimum atomic E-state index is -5.83. The molecule has 3 heterocycles. The Hall–Kier alpha value is 0.110. The van der Waals surface area contributed by atoms with Gasteiger partial charge in [0.05, 0.1) is 31.1 Å². The Morgan fingerprint density at radius 2 is 1.31 bits per heavy atom. The smallest absolute Gasteiger partial charge is 0.756 e. The van der Waals surface area contributed by atoms with E-state index in [9.17, 15) is 59.6 Å². The third kappa shape index (κ3) is 41.9. The normalized spacial score (nSPS) is 22.6. The molecule has 1 aromatic heterocycles. The molecule has 0 aromatic carbocycles. The fourth-order valence-corrected chi connectivity index (χ4v) is 6.92. The maximum absolute atomic E-state index is 12.8. The van der Waals surface area contributed by atoms with Crippen molar-refractivity contribution in [1.29, 1.82) is 0 Å². The summed E-state index contributed by atoms with van der Waals surface area (Å²) in [5, 5.41) is 75.9. The second-order valence-corrected chi connectivity index (χ2v) is 18.1. The van der Waals surface area contributed by atoms with Crippen molar-refractivity contribution < 1.29 is 132 Å². The third-order valence-electron chi connectivity index (χ3n) is 6.64. The van der Waals surface area contributed by atoms with Gasteiger partial charge in [-0.25, -0.2) is 4.79 Å². The van der Waals surface area contributed by atoms with Gasteiger partial charge in [-0.2, -0.15) is 4.98 Å². The molecule has 2 fully saturated rings. The predicted molar refractivity (Wildman–Crippen MR) is 278 cm³/mol. The number of aliphatic hydroxyl groups is 6. The van der Waals surface area contributed by atoms with Crippen LogP contribution in [0.3, 0.4) is 0 Å². The van der Waals surface area contributed by atoms with Gasteiger partial charge in [-0.15, -0.1) is 0 Å². The first kappa shape index (κ1) is 90.6. The number of nitrogens with one attached hydrogen (secondary N) is 1. The Labute approximate surface area is 481 Å². The van der Waals surface area contributed by atoms with E-state index in [1.54, 1.807) is 0 Å². The Morgan fingerprint density at radius 1 is 0.873 bits per heavy atom. The molecule has 71 heavy (non-hydrogen) atoms. The fourth-order valence-electron chi connectivity index (χ4n) is 4.47. The van der Waals surface area contributed by atoms with Crippen LogP contribution in [-0.2, 0) is 32.7 Å². The fraction of sp³-hybridized carbons (Fsp3) is 0.870. The molecule has 0 bridgehead atoms. The first-order valence-corrected chi connectivity index (χ1v) is 28.6. The van der Waals surface area contributed by atoms with Crippen molar-refractivity contribution in [2.75, 3.05) is 30.5 Å². The van der Waals surface area contributed by atoms with E-state index < -0.39 is 106 Å². The minimum absolute atomic E-state index is 0. The van der Waals surface area contributed by atoms with Gasteiger partial charge >= 0.3 is 64.8 Å². The van der Waals surface area contributed by atoms with E-state index in [4.69, 9.17) is 15.2 Å². The molecule has 0 saturated carbocycles. The van der Waals surface area contributed by atoms with E-state index in [0.717, 1.165) is 21.6 Å². The zero-order valence-corrected chi connectivity index (χ0v) is 54.2. The molecule has 1 aromatic rings. The Kier molecular flexibility index (Phi) is 75.7. The number of carbonyl (C=O) groups excluding carboxylic acids is 2. The topological polar surface area (TPSA) is 329 Å². The average molecular weight is 1110 g/mol. The Balaban J connectivity index is -0.000000180. The van der Waals surface area contributed by atoms with E-state index >= 15 is 0 Å². The van der Waals surface area contributed by atoms with Crippen LogP contribution >= 0.6 is 29.4 Å². The second-order valence-electron chi connectivity index (χ2n) is 14.1. The van der Waals surface area contributed by atoms with Crippen LogP contribution in [0.2, 0.25) is 0 Å². The van der Waals surface area contributed by atoms with Crippen LogP contribution in [0.1, 0.15) is 183 Å². The number of aromatic nitrogens is 2. The van der Waals surface area contributed by atoms with Crippen LogP contribution in [0, 0.1) is 0 Å². The maximum Gasteiger partial charge on any atom is 1.00 e. The standard InChI is InChI=1S/C22H35N4O16PS2.6C3H8.3C2H6.2Na/c1-2-44-45-8-13(30)25-14-9(28)5-22(20(34)35,41-18(14)15(31)10(29)6-27)42-43(37,38)39-7-11-16(32)17(33)19(40-11)26-4-3-12(23)24-21(26)36;6*1-3-2;3*1-2;;/h3-4,9-11,14-19,27-29,31-33H,2,5-8H2,1H3,(H,25,30)(H,34,35)(H,37,38)(H2,23,24,36);6*3H2,1-2H3;3*1-2H3;;/q;;;;;;;;;;2*+1/p-2/t9?,10-,11?,14?,15-,16?,17?,18?,19?,22?;;;;;;;;;;;/m1.........../s1. The summed E-state index contributed by atoms with van der Waals surface area (Å²) < 4.78 is 33.5. The van der Waals surface area contributed by atoms with Crippen molar-refractivity contribution in [2.45, 2.75) is 237 Å². The number of carboxylic acids is 1. The number of nitrogens with two attached hydrogens (primary N) is 1. The molecule has 418 valence electrons. The van der Waals surface area contributed by atoms with E-state index in [0.29, 0.717) is 5.75 Å². The molecular formula is C46H99N4Na2O16PS2. The number of phosphoric ester groups is 1. The molecule has 9 unspecified atom stereocenters. The number of ether oxygens (including phenoxy) is 2. The molecule has 1 amide bonds. The van der Waals surface area contributed by atoms with Crippen molar-refractivity contribution in [3.05, 3.63) is 22.7 Å². The number of carbonyl (C=O) groups is 2. The molecule has 0 spiro atoms. The summed E-state index contributed by atoms with van der Waals surface area (Å²) in [7, 11) is -3.36. The molecule has 0 aliphatic carbocycles. The quantitative estimate of drug-likeness (QED) is 0.0485. The molecule has 0 radical (unpaired) electrons. The van der Waals surface area contributed by atoms with E-state index in [2.05, 4.69) is 102 Å². The van der Waals surface area contributed by atoms with Crippen LogP contribution in [0.25, 0.3) is 0 Å². The Morgan fingerprint density at radius 3 is 1.69 bits per heavy atom. The van der Waals surface area contributed by atoms with Gasteiger partial charge in [0, 0.05) is 18.4 Å². The summed E-state index contributed by atoms with van der Waals surface area (Å²) >= 11 is 0. The summed E-state index contributed by atoms with van der Waals surface area (Å²) in [4.78, 5) is 53.0. The van der Waals surface area contributed by atoms with Crippen molar-refractivity contribution in [2.24, 2.45) is 0 Å². The average Bonchev–Trinajstić information content (AvgIpc) is 3.58. The number of rotatable bonds is 15. The van der Waals surface area contributed by atoms with Gasteiger partial charge in [0.2, 0.25) is 11.7 Å². The first-order valence-electron chi connectivity index (χ1n) is 24.6. The number of anilines is 1. The Bertz CT molecular complexity index is 1410. The van der Waals surface area contributed by atoms with Crippen molar-refractivity contribution in [3.63, 3.8) is 0 Å². The summed E-state index contributed by atoms with van der Waals surface area (Å²) in [6, 6.07) is -0.439. The number of hydrogen-bond acceptors (Lipinski definition) is 20. The number of carboxylic acid groups (broad SMARTS) is 1. The molecular weight excluding hydrogens is 1010 g/mol. The first-order chi connectivity index (χ1) is 32.5. The monoisotopic (exact) mass is 1100 g/mol. The second kappa shape index (κ2) is 59.4. The zero-order valence-electron chi connectivity index (χ0n) is 47.6. The van der Waals surface area contributed by atoms with E-state index in [1.807, 2.05) is 48.5 Å². The molecule has 3 rings (SSSR count). The number of aliphatic carboxylic acids is 1. The van der Waals surface area contributed by atoms with Gasteiger partial charge in [-0.3, -0.25) is 18.5 Å². The predicted octanol–water partition coefficient (Wildman–Crippen LogP) is -0.273. The largest absolute Gasteiger partial charge is 1.00 e. The molecule has 2 aliphatic heterocycles. The molecule has 2 aliphatic rings. The summed E-state index contributed by atoms with van der Waals surface area (Å²) in [6.45, 7) is 37.2. The van der Waals surface area contributed by atoms with Gasteiger partial charge < -0.3 is 70.5 Å². The van der Waals surface area contributed by atoms with Crippen LogP contribution in [0.4, 0.5) is 5.82 Å². The third-order valence-corrected chi connectivity index (χ3v) is 9.97. The van der Waals surface area contributed by atoms with Gasteiger partial charge in [-0.05, 0) is 6.07 Å². The SMILES string of the molecule is CC.CC.CC.CCC.CCC.CCC.CCC.CCC.CCC.CCSSCC(=O)NC1C(O)CC(OP(=O)([O-])OCC2OC(n3ccc(N)nc3=O)C(O)C2O)(C(=O)[O-])OC1[C@H](O)[C@H](O)CO.[Na+].[Na+]. The minimum Gasteiger partial charge on any atom is -0.756 e. The number of phosphoric acid groups is 1. The van der Waals surface area contributed by atoms with Gasteiger partial charge in [0.25, 0.3) is 7.82 Å². The van der Waals surface area contributed by atoms with Crippen LogP contribution in [0.5, 0.6) is 0 Å².